The first kappa shape index (κ1) is 24.7. The maximum Gasteiger partial charge on any atom is 0.244 e. The highest BCUT2D eigenvalue weighted by atomic mass is 16.2. The lowest BCUT2D eigenvalue weighted by Gasteiger charge is -2.38. The van der Waals surface area contributed by atoms with E-state index >= 15 is 0 Å². The van der Waals surface area contributed by atoms with Gasteiger partial charge in [0.25, 0.3) is 0 Å². The zero-order valence-corrected chi connectivity index (χ0v) is 20.1. The van der Waals surface area contributed by atoms with Gasteiger partial charge in [-0.2, -0.15) is 0 Å². The van der Waals surface area contributed by atoms with Crippen molar-refractivity contribution in [2.75, 3.05) is 52.4 Å². The Morgan fingerprint density at radius 1 is 1.00 bits per heavy atom. The highest BCUT2D eigenvalue weighted by molar-refractivity contribution is 5.83. The summed E-state index contributed by atoms with van der Waals surface area (Å²) in [6, 6.07) is 9.83. The van der Waals surface area contributed by atoms with Gasteiger partial charge in [-0.1, -0.05) is 36.8 Å². The molecule has 0 saturated carbocycles. The van der Waals surface area contributed by atoms with Crippen molar-refractivity contribution in [1.29, 1.82) is 0 Å². The maximum absolute atomic E-state index is 13.3. The van der Waals surface area contributed by atoms with Crippen molar-refractivity contribution < 1.29 is 9.59 Å². The minimum atomic E-state index is -0.260. The van der Waals surface area contributed by atoms with E-state index in [1.54, 1.807) is 0 Å². The normalized spacial score (nSPS) is 19.4. The molecule has 1 aromatic rings. The van der Waals surface area contributed by atoms with Crippen LogP contribution in [0, 0.1) is 5.92 Å². The number of rotatable bonds is 10. The van der Waals surface area contributed by atoms with Crippen molar-refractivity contribution in [2.24, 2.45) is 5.92 Å². The number of carbonyl (C=O) groups is 2. The molecule has 0 unspecified atom stereocenters. The Hall–Kier alpha value is -1.92. The maximum atomic E-state index is 13.3. The zero-order valence-electron chi connectivity index (χ0n) is 20.1. The second kappa shape index (κ2) is 12.9. The second-order valence-corrected chi connectivity index (χ2v) is 9.18. The number of amides is 2. The monoisotopic (exact) mass is 442 g/mol. The van der Waals surface area contributed by atoms with Gasteiger partial charge in [0.1, 0.15) is 6.04 Å². The van der Waals surface area contributed by atoms with Crippen molar-refractivity contribution in [3.05, 3.63) is 35.9 Å². The summed E-state index contributed by atoms with van der Waals surface area (Å²) in [6.07, 6.45) is 6.63. The molecule has 2 aliphatic heterocycles. The van der Waals surface area contributed by atoms with E-state index in [1.807, 2.05) is 49.1 Å². The fourth-order valence-electron chi connectivity index (χ4n) is 5.11. The minimum absolute atomic E-state index is 0.0567. The number of hydrogen-bond donors (Lipinski definition) is 1. The largest absolute Gasteiger partial charge is 0.356 e. The molecule has 178 valence electrons. The first-order chi connectivity index (χ1) is 15.6. The molecule has 2 fully saturated rings. The Kier molecular flexibility index (Phi) is 10.0. The lowest BCUT2D eigenvalue weighted by Crippen LogP contribution is -2.47. The van der Waals surface area contributed by atoms with E-state index in [2.05, 4.69) is 15.1 Å². The van der Waals surface area contributed by atoms with E-state index in [4.69, 9.17) is 0 Å². The predicted molar refractivity (Wildman–Crippen MR) is 129 cm³/mol. The average molecular weight is 443 g/mol. The van der Waals surface area contributed by atoms with Gasteiger partial charge in [-0.15, -0.1) is 0 Å². The van der Waals surface area contributed by atoms with E-state index in [0.29, 0.717) is 0 Å². The Labute approximate surface area is 194 Å². The summed E-state index contributed by atoms with van der Waals surface area (Å²) in [5, 5.41) is 3.17. The number of likely N-dealkylation sites (tertiary alicyclic amines) is 2. The Bertz CT molecular complexity index is 693. The molecule has 1 aromatic carbocycles. The van der Waals surface area contributed by atoms with Crippen LogP contribution in [0.5, 0.6) is 0 Å². The minimum Gasteiger partial charge on any atom is -0.356 e. The smallest absolute Gasteiger partial charge is 0.244 e. The van der Waals surface area contributed by atoms with E-state index in [-0.39, 0.29) is 23.8 Å². The standard InChI is InChI=1S/C26H42N4O2/c1-3-29(4-2)26(32)24(22-12-7-5-8-13-22)30-20-14-23(15-21-30)25(31)27-16-11-19-28-17-9-6-10-18-28/h5,7-8,12-13,23-24H,3-4,6,9-11,14-21H2,1-2H3,(H,27,31)/t24-/m1/s1. The molecule has 6 nitrogen and oxygen atoms in total. The molecule has 0 aromatic heterocycles. The van der Waals surface area contributed by atoms with E-state index in [9.17, 15) is 9.59 Å². The molecule has 0 spiro atoms. The lowest BCUT2D eigenvalue weighted by molar-refractivity contribution is -0.138. The quantitative estimate of drug-likeness (QED) is 0.565. The van der Waals surface area contributed by atoms with Crippen LogP contribution in [0.3, 0.4) is 0 Å². The number of benzene rings is 1. The van der Waals surface area contributed by atoms with E-state index in [0.717, 1.165) is 64.1 Å². The number of piperidine rings is 2. The molecule has 2 heterocycles. The van der Waals surface area contributed by atoms with Crippen LogP contribution in [-0.2, 0) is 9.59 Å². The zero-order chi connectivity index (χ0) is 22.8. The van der Waals surface area contributed by atoms with Gasteiger partial charge >= 0.3 is 0 Å². The highest BCUT2D eigenvalue weighted by Crippen LogP contribution is 2.29. The van der Waals surface area contributed by atoms with Gasteiger partial charge in [0.2, 0.25) is 11.8 Å². The molecule has 0 aliphatic carbocycles. The third kappa shape index (κ3) is 6.79. The summed E-state index contributed by atoms with van der Waals surface area (Å²) in [5.41, 5.74) is 1.05. The van der Waals surface area contributed by atoms with Crippen molar-refractivity contribution in [1.82, 2.24) is 20.0 Å². The van der Waals surface area contributed by atoms with Gasteiger partial charge < -0.3 is 15.1 Å². The molecule has 0 radical (unpaired) electrons. The van der Waals surface area contributed by atoms with Crippen LogP contribution >= 0.6 is 0 Å². The summed E-state index contributed by atoms with van der Waals surface area (Å²) in [6.45, 7) is 11.3. The van der Waals surface area contributed by atoms with Crippen molar-refractivity contribution >= 4 is 11.8 Å². The molecule has 6 heteroatoms. The molecule has 0 bridgehead atoms. The van der Waals surface area contributed by atoms with Crippen LogP contribution in [0.2, 0.25) is 0 Å². The predicted octanol–water partition coefficient (Wildman–Crippen LogP) is 3.30. The van der Waals surface area contributed by atoms with Crippen LogP contribution < -0.4 is 5.32 Å². The number of likely N-dealkylation sites (N-methyl/N-ethyl adjacent to an activating group) is 1. The fourth-order valence-corrected chi connectivity index (χ4v) is 5.11. The van der Waals surface area contributed by atoms with Crippen LogP contribution in [0.1, 0.15) is 64.0 Å². The van der Waals surface area contributed by atoms with E-state index < -0.39 is 0 Å². The van der Waals surface area contributed by atoms with Gasteiger partial charge in [-0.25, -0.2) is 0 Å². The summed E-state index contributed by atoms with van der Waals surface area (Å²) in [5.74, 6) is 0.414. The third-order valence-corrected chi connectivity index (χ3v) is 7.09. The first-order valence-corrected chi connectivity index (χ1v) is 12.7. The third-order valence-electron chi connectivity index (χ3n) is 7.09. The number of nitrogens with one attached hydrogen (secondary N) is 1. The van der Waals surface area contributed by atoms with Crippen LogP contribution in [0.4, 0.5) is 0 Å². The SMILES string of the molecule is CCN(CC)C(=O)[C@@H](c1ccccc1)N1CCC(C(=O)NCCCN2CCCCC2)CC1. The highest BCUT2D eigenvalue weighted by Gasteiger charge is 2.34. The van der Waals surface area contributed by atoms with Gasteiger partial charge in [-0.05, 0) is 84.2 Å². The topological polar surface area (TPSA) is 55.9 Å². The van der Waals surface area contributed by atoms with Gasteiger partial charge in [0.15, 0.2) is 0 Å². The molecular weight excluding hydrogens is 400 g/mol. The molecule has 3 rings (SSSR count). The van der Waals surface area contributed by atoms with E-state index in [1.165, 1.54) is 32.4 Å². The molecular formula is C26H42N4O2. The number of nitrogens with zero attached hydrogens (tertiary/aromatic N) is 3. The fraction of sp³-hybridized carbons (Fsp3) is 0.692. The second-order valence-electron chi connectivity index (χ2n) is 9.18. The number of hydrogen-bond acceptors (Lipinski definition) is 4. The molecule has 1 N–H and O–H groups in total. The van der Waals surface area contributed by atoms with Gasteiger partial charge in [-0.3, -0.25) is 14.5 Å². The van der Waals surface area contributed by atoms with Crippen LogP contribution in [-0.4, -0.2) is 78.9 Å². The Morgan fingerprint density at radius 2 is 1.66 bits per heavy atom. The van der Waals surface area contributed by atoms with Gasteiger partial charge in [0, 0.05) is 25.6 Å². The summed E-state index contributed by atoms with van der Waals surface area (Å²) in [7, 11) is 0. The van der Waals surface area contributed by atoms with Crippen molar-refractivity contribution in [3.63, 3.8) is 0 Å². The van der Waals surface area contributed by atoms with Crippen LogP contribution in [0.25, 0.3) is 0 Å². The summed E-state index contributed by atoms with van der Waals surface area (Å²) < 4.78 is 0. The van der Waals surface area contributed by atoms with Crippen LogP contribution in [0.15, 0.2) is 30.3 Å². The molecule has 2 saturated heterocycles. The molecule has 2 aliphatic rings. The number of carbonyl (C=O) groups excluding carboxylic acids is 2. The average Bonchev–Trinajstić information content (AvgIpc) is 2.84. The molecule has 32 heavy (non-hydrogen) atoms. The molecule has 2 amide bonds. The Morgan fingerprint density at radius 3 is 2.28 bits per heavy atom. The van der Waals surface area contributed by atoms with Crippen molar-refractivity contribution in [3.8, 4) is 0 Å². The Balaban J connectivity index is 1.49. The summed E-state index contributed by atoms with van der Waals surface area (Å²) >= 11 is 0. The first-order valence-electron chi connectivity index (χ1n) is 12.7. The van der Waals surface area contributed by atoms with Crippen molar-refractivity contribution in [2.45, 2.75) is 58.4 Å². The van der Waals surface area contributed by atoms with Gasteiger partial charge in [0.05, 0.1) is 0 Å². The summed E-state index contributed by atoms with van der Waals surface area (Å²) in [4.78, 5) is 32.7. The molecule has 1 atom stereocenters. The lowest BCUT2D eigenvalue weighted by atomic mass is 9.93.